The van der Waals surface area contributed by atoms with Crippen LogP contribution in [0.4, 0.5) is 8.78 Å². The summed E-state index contributed by atoms with van der Waals surface area (Å²) in [4.78, 5) is 26.2. The fourth-order valence-electron chi connectivity index (χ4n) is 5.59. The van der Waals surface area contributed by atoms with Crippen molar-refractivity contribution in [2.45, 2.75) is 50.9 Å². The van der Waals surface area contributed by atoms with Crippen LogP contribution in [0.5, 0.6) is 0 Å². The molecule has 3 heterocycles. The first-order valence-electron chi connectivity index (χ1n) is 12.0. The Kier molecular flexibility index (Phi) is 5.94. The van der Waals surface area contributed by atoms with Crippen LogP contribution in [0.1, 0.15) is 67.2 Å². The number of hydrogen-bond donors (Lipinski definition) is 1. The highest BCUT2D eigenvalue weighted by Gasteiger charge is 2.45. The third-order valence-corrected chi connectivity index (χ3v) is 7.72. The Hall–Kier alpha value is -3.49. The van der Waals surface area contributed by atoms with Crippen molar-refractivity contribution in [3.05, 3.63) is 75.3 Å². The van der Waals surface area contributed by atoms with Gasteiger partial charge in [0.05, 0.1) is 17.0 Å². The van der Waals surface area contributed by atoms with Gasteiger partial charge in [-0.05, 0) is 67.3 Å². The third kappa shape index (κ3) is 4.13. The second kappa shape index (κ2) is 8.94. The van der Waals surface area contributed by atoms with Crippen molar-refractivity contribution in [3.63, 3.8) is 0 Å². The summed E-state index contributed by atoms with van der Waals surface area (Å²) < 4.78 is 28.8. The number of benzene rings is 1. The van der Waals surface area contributed by atoms with E-state index in [1.54, 1.807) is 11.0 Å². The molecule has 2 aromatic heterocycles. The number of piperidine rings is 1. The second-order valence-corrected chi connectivity index (χ2v) is 9.88. The molecule has 5 rings (SSSR count). The number of aromatic amines is 1. The van der Waals surface area contributed by atoms with Crippen molar-refractivity contribution < 1.29 is 13.6 Å². The number of halogens is 2. The number of rotatable bonds is 3. The summed E-state index contributed by atoms with van der Waals surface area (Å²) >= 11 is 0. The number of carbonyl (C=O) groups excluding carboxylic acids is 1. The standard InChI is InChI=1S/C26H27F2N5O2/c1-15-10-11-26(2,16-5-4-12-33(14-16)25(35)20-8-9-22(34)31-29-20)24-17(15)13-21(30-32-24)23-18(27)6-3-7-19(23)28/h3,6-9,13,15-16H,4-5,10-12,14H2,1-2H3,(H,31,34)/t15-,16-,26+/m0/s1. The zero-order valence-electron chi connectivity index (χ0n) is 19.7. The minimum absolute atomic E-state index is 0.138. The lowest BCUT2D eigenvalue weighted by Gasteiger charge is -2.46. The SMILES string of the molecule is C[C@H]1CC[C@](C)([C@H]2CCCN(C(=O)c3ccc(=O)[nH]n3)C2)c2nnc(-c3c(F)cccc3F)cc21. The summed E-state index contributed by atoms with van der Waals surface area (Å²) in [5.74, 6) is -1.23. The Bertz CT molecular complexity index is 1300. The smallest absolute Gasteiger partial charge is 0.274 e. The highest BCUT2D eigenvalue weighted by molar-refractivity contribution is 5.92. The molecule has 35 heavy (non-hydrogen) atoms. The van der Waals surface area contributed by atoms with Crippen LogP contribution in [0, 0.1) is 17.6 Å². The average Bonchev–Trinajstić information content (AvgIpc) is 2.86. The first kappa shape index (κ1) is 23.3. The highest BCUT2D eigenvalue weighted by atomic mass is 19.1. The number of hydrogen-bond acceptors (Lipinski definition) is 5. The predicted octanol–water partition coefficient (Wildman–Crippen LogP) is 4.21. The fourth-order valence-corrected chi connectivity index (χ4v) is 5.59. The fraction of sp³-hybridized carbons (Fsp3) is 0.423. The Morgan fingerprint density at radius 2 is 1.91 bits per heavy atom. The quantitative estimate of drug-likeness (QED) is 0.608. The van der Waals surface area contributed by atoms with Crippen LogP contribution in [0.2, 0.25) is 0 Å². The lowest BCUT2D eigenvalue weighted by molar-refractivity contribution is 0.0574. The van der Waals surface area contributed by atoms with Crippen LogP contribution in [-0.2, 0) is 5.41 Å². The number of aromatic nitrogens is 4. The molecular weight excluding hydrogens is 452 g/mol. The molecule has 2 aliphatic rings. The summed E-state index contributed by atoms with van der Waals surface area (Å²) in [5.41, 5.74) is 1.36. The van der Waals surface area contributed by atoms with Crippen LogP contribution in [0.3, 0.4) is 0 Å². The van der Waals surface area contributed by atoms with Crippen LogP contribution >= 0.6 is 0 Å². The van der Waals surface area contributed by atoms with Crippen molar-refractivity contribution in [1.82, 2.24) is 25.3 Å². The topological polar surface area (TPSA) is 91.8 Å². The first-order valence-corrected chi connectivity index (χ1v) is 12.0. The van der Waals surface area contributed by atoms with Gasteiger partial charge in [0, 0.05) is 24.6 Å². The maximum absolute atomic E-state index is 14.4. The van der Waals surface area contributed by atoms with E-state index < -0.39 is 11.6 Å². The van der Waals surface area contributed by atoms with Gasteiger partial charge in [0.2, 0.25) is 0 Å². The molecule has 0 radical (unpaired) electrons. The molecule has 0 bridgehead atoms. The van der Waals surface area contributed by atoms with E-state index >= 15 is 0 Å². The third-order valence-electron chi connectivity index (χ3n) is 7.72. The summed E-state index contributed by atoms with van der Waals surface area (Å²) in [6.45, 7) is 5.41. The van der Waals surface area contributed by atoms with Gasteiger partial charge in [0.1, 0.15) is 17.3 Å². The van der Waals surface area contributed by atoms with Gasteiger partial charge in [-0.25, -0.2) is 13.9 Å². The number of amides is 1. The van der Waals surface area contributed by atoms with E-state index in [9.17, 15) is 18.4 Å². The van der Waals surface area contributed by atoms with Crippen molar-refractivity contribution >= 4 is 5.91 Å². The summed E-state index contributed by atoms with van der Waals surface area (Å²) in [5, 5.41) is 15.0. The Morgan fingerprint density at radius 3 is 2.63 bits per heavy atom. The largest absolute Gasteiger partial charge is 0.337 e. The molecule has 0 spiro atoms. The van der Waals surface area contributed by atoms with Crippen molar-refractivity contribution in [2.75, 3.05) is 13.1 Å². The number of likely N-dealkylation sites (tertiary alicyclic amines) is 1. The minimum atomic E-state index is -0.664. The molecule has 1 N–H and O–H groups in total. The van der Waals surface area contributed by atoms with Crippen LogP contribution < -0.4 is 5.56 Å². The second-order valence-electron chi connectivity index (χ2n) is 9.88. The van der Waals surface area contributed by atoms with Gasteiger partial charge >= 0.3 is 0 Å². The lowest BCUT2D eigenvalue weighted by atomic mass is 9.62. The van der Waals surface area contributed by atoms with Crippen LogP contribution in [0.15, 0.2) is 41.2 Å². The molecule has 7 nitrogen and oxygen atoms in total. The molecular formula is C26H27F2N5O2. The molecule has 9 heteroatoms. The Labute approximate surface area is 201 Å². The van der Waals surface area contributed by atoms with E-state index in [2.05, 4.69) is 34.2 Å². The Balaban J connectivity index is 1.47. The van der Waals surface area contributed by atoms with Gasteiger partial charge in [0.15, 0.2) is 0 Å². The van der Waals surface area contributed by atoms with Crippen molar-refractivity contribution in [1.29, 1.82) is 0 Å². The predicted molar refractivity (Wildman–Crippen MR) is 126 cm³/mol. The molecule has 1 aliphatic heterocycles. The number of fused-ring (bicyclic) bond motifs is 1. The van der Waals surface area contributed by atoms with Crippen molar-refractivity contribution in [3.8, 4) is 11.3 Å². The number of nitrogens with zero attached hydrogens (tertiary/aromatic N) is 4. The molecule has 1 aromatic carbocycles. The van der Waals surface area contributed by atoms with Crippen LogP contribution in [-0.4, -0.2) is 44.3 Å². The number of nitrogens with one attached hydrogen (secondary N) is 1. The molecule has 1 aliphatic carbocycles. The molecule has 1 amide bonds. The van der Waals surface area contributed by atoms with Crippen LogP contribution in [0.25, 0.3) is 11.3 Å². The van der Waals surface area contributed by atoms with Gasteiger partial charge in [-0.2, -0.15) is 15.3 Å². The number of carbonyl (C=O) groups is 1. The normalized spacial score (nSPS) is 24.2. The molecule has 1 saturated heterocycles. The molecule has 182 valence electrons. The van der Waals surface area contributed by atoms with E-state index in [1.807, 2.05) is 0 Å². The summed E-state index contributed by atoms with van der Waals surface area (Å²) in [6, 6.07) is 8.29. The highest BCUT2D eigenvalue weighted by Crippen LogP contribution is 2.48. The molecule has 3 aromatic rings. The van der Waals surface area contributed by atoms with E-state index in [1.165, 1.54) is 30.3 Å². The first-order chi connectivity index (χ1) is 16.8. The van der Waals surface area contributed by atoms with E-state index in [0.717, 1.165) is 36.9 Å². The van der Waals surface area contributed by atoms with Gasteiger partial charge in [-0.1, -0.05) is 19.9 Å². The van der Waals surface area contributed by atoms with E-state index in [4.69, 9.17) is 0 Å². The van der Waals surface area contributed by atoms with Gasteiger partial charge < -0.3 is 4.90 Å². The van der Waals surface area contributed by atoms with Gasteiger partial charge in [-0.15, -0.1) is 0 Å². The average molecular weight is 480 g/mol. The van der Waals surface area contributed by atoms with Crippen molar-refractivity contribution in [2.24, 2.45) is 5.92 Å². The van der Waals surface area contributed by atoms with Gasteiger partial charge in [-0.3, -0.25) is 9.59 Å². The molecule has 0 unspecified atom stereocenters. The number of H-pyrrole nitrogens is 1. The monoisotopic (exact) mass is 479 g/mol. The lowest BCUT2D eigenvalue weighted by Crippen LogP contribution is -2.49. The zero-order chi connectivity index (χ0) is 24.7. The maximum atomic E-state index is 14.4. The minimum Gasteiger partial charge on any atom is -0.337 e. The molecule has 3 atom stereocenters. The van der Waals surface area contributed by atoms with Gasteiger partial charge in [0.25, 0.3) is 11.5 Å². The zero-order valence-corrected chi connectivity index (χ0v) is 19.7. The van der Waals surface area contributed by atoms with E-state index in [-0.39, 0.29) is 45.7 Å². The summed E-state index contributed by atoms with van der Waals surface area (Å²) in [6.07, 6.45) is 3.55. The molecule has 0 saturated carbocycles. The van der Waals surface area contributed by atoms with E-state index in [0.29, 0.717) is 13.1 Å². The summed E-state index contributed by atoms with van der Waals surface area (Å²) in [7, 11) is 0. The Morgan fingerprint density at radius 1 is 1.14 bits per heavy atom. The maximum Gasteiger partial charge on any atom is 0.274 e. The molecule has 1 fully saturated rings.